The molecule has 1 aliphatic carbocycles. The Morgan fingerprint density at radius 2 is 1.63 bits per heavy atom. The molecule has 1 heterocycles. The molecule has 2 aromatic carbocycles. The number of nitrogens with zero attached hydrogens (tertiary/aromatic N) is 2. The summed E-state index contributed by atoms with van der Waals surface area (Å²) in [4.78, 5) is 32.5. The van der Waals surface area contributed by atoms with Gasteiger partial charge in [0.15, 0.2) is 5.60 Å². The molecule has 38 heavy (non-hydrogen) atoms. The van der Waals surface area contributed by atoms with Crippen LogP contribution in [0.15, 0.2) is 60.1 Å². The van der Waals surface area contributed by atoms with Crippen molar-refractivity contribution in [3.05, 3.63) is 71.8 Å². The normalized spacial score (nSPS) is 16.6. The maximum atomic E-state index is 13.4. The van der Waals surface area contributed by atoms with E-state index in [4.69, 9.17) is 14.5 Å². The molecule has 0 unspecified atom stereocenters. The van der Waals surface area contributed by atoms with Gasteiger partial charge in [-0.25, -0.2) is 4.79 Å². The molecule has 1 fully saturated rings. The number of aliphatic imine (C=N–C) groups is 1. The van der Waals surface area contributed by atoms with Gasteiger partial charge >= 0.3 is 5.97 Å². The maximum Gasteiger partial charge on any atom is 0.349 e. The zero-order valence-electron chi connectivity index (χ0n) is 23.2. The van der Waals surface area contributed by atoms with Gasteiger partial charge in [0.2, 0.25) is 0 Å². The van der Waals surface area contributed by atoms with Crippen LogP contribution in [0.1, 0.15) is 89.3 Å². The summed E-state index contributed by atoms with van der Waals surface area (Å²) in [7, 11) is 0. The van der Waals surface area contributed by atoms with Crippen molar-refractivity contribution in [2.24, 2.45) is 4.99 Å². The van der Waals surface area contributed by atoms with E-state index in [1.807, 2.05) is 29.2 Å². The van der Waals surface area contributed by atoms with Gasteiger partial charge in [-0.3, -0.25) is 14.7 Å². The molecule has 1 aliphatic heterocycles. The number of carbonyl (C=O) groups is 2. The predicted molar refractivity (Wildman–Crippen MR) is 151 cm³/mol. The minimum Gasteiger partial charge on any atom is -0.476 e. The molecular formula is C32H40N2O4. The van der Waals surface area contributed by atoms with E-state index >= 15 is 0 Å². The average Bonchev–Trinajstić information content (AvgIpc) is 3.48. The molecule has 1 spiro atoms. The second-order valence-corrected chi connectivity index (χ2v) is 10.8. The van der Waals surface area contributed by atoms with Gasteiger partial charge in [0, 0.05) is 6.42 Å². The molecule has 2 aliphatic rings. The molecule has 6 heteroatoms. The Balaban J connectivity index is 1.42. The Hall–Kier alpha value is -3.41. The lowest BCUT2D eigenvalue weighted by atomic mass is 9.97. The highest BCUT2D eigenvalue weighted by Gasteiger charge is 2.49. The zero-order valence-corrected chi connectivity index (χ0v) is 23.2. The van der Waals surface area contributed by atoms with E-state index in [0.29, 0.717) is 18.9 Å². The van der Waals surface area contributed by atoms with Gasteiger partial charge in [0.25, 0.3) is 5.91 Å². The second-order valence-electron chi connectivity index (χ2n) is 10.8. The van der Waals surface area contributed by atoms with Crippen LogP contribution >= 0.6 is 0 Å². The number of amides is 1. The van der Waals surface area contributed by atoms with Crippen LogP contribution < -0.4 is 4.74 Å². The number of esters is 1. The third kappa shape index (κ3) is 5.85. The Morgan fingerprint density at radius 3 is 2.21 bits per heavy atom. The van der Waals surface area contributed by atoms with Crippen LogP contribution in [0.5, 0.6) is 5.75 Å². The SMILES string of the molecule is C=C(c1ccc(CN2C(=O)C3(CCCC3)N=C2CCCC)cc1)c1ccc(OC(C)(C)C(=O)OCC)cc1. The van der Waals surface area contributed by atoms with Crippen molar-refractivity contribution in [1.82, 2.24) is 4.90 Å². The standard InChI is InChI=1S/C32H40N2O4/c1-6-8-11-28-33-32(20-9-10-21-32)29(35)34(28)22-24-12-14-25(15-13-24)23(3)26-16-18-27(19-17-26)38-31(4,5)30(36)37-7-2/h12-19H,3,6-11,20-22H2,1-2,4-5H3. The fourth-order valence-corrected chi connectivity index (χ4v) is 5.22. The summed E-state index contributed by atoms with van der Waals surface area (Å²) in [5, 5.41) is 0. The molecule has 0 N–H and O–H groups in total. The molecule has 0 atom stereocenters. The lowest BCUT2D eigenvalue weighted by Gasteiger charge is -2.24. The lowest BCUT2D eigenvalue weighted by Crippen LogP contribution is -2.40. The largest absolute Gasteiger partial charge is 0.476 e. The van der Waals surface area contributed by atoms with Crippen molar-refractivity contribution in [3.63, 3.8) is 0 Å². The van der Waals surface area contributed by atoms with E-state index in [2.05, 4.69) is 37.8 Å². The van der Waals surface area contributed by atoms with Crippen LogP contribution in [0.2, 0.25) is 0 Å². The van der Waals surface area contributed by atoms with E-state index in [9.17, 15) is 9.59 Å². The van der Waals surface area contributed by atoms with Gasteiger partial charge < -0.3 is 9.47 Å². The van der Waals surface area contributed by atoms with Crippen molar-refractivity contribution in [2.45, 2.75) is 90.3 Å². The molecule has 0 aromatic heterocycles. The van der Waals surface area contributed by atoms with Gasteiger partial charge in [-0.15, -0.1) is 0 Å². The highest BCUT2D eigenvalue weighted by molar-refractivity contribution is 6.08. The topological polar surface area (TPSA) is 68.2 Å². The molecule has 0 saturated heterocycles. The van der Waals surface area contributed by atoms with Crippen LogP contribution in [-0.2, 0) is 20.9 Å². The number of unbranched alkanes of at least 4 members (excludes halogenated alkanes) is 1. The highest BCUT2D eigenvalue weighted by Crippen LogP contribution is 2.40. The van der Waals surface area contributed by atoms with E-state index in [1.165, 1.54) is 0 Å². The summed E-state index contributed by atoms with van der Waals surface area (Å²) in [5.41, 5.74) is 2.37. The number of hydrogen-bond donors (Lipinski definition) is 0. The summed E-state index contributed by atoms with van der Waals surface area (Å²) in [6, 6.07) is 15.8. The average molecular weight is 517 g/mol. The third-order valence-electron chi connectivity index (χ3n) is 7.47. The number of rotatable bonds is 11. The molecule has 0 radical (unpaired) electrons. The van der Waals surface area contributed by atoms with E-state index < -0.39 is 17.1 Å². The van der Waals surface area contributed by atoms with Crippen LogP contribution in [0, 0.1) is 0 Å². The number of ether oxygens (including phenoxy) is 2. The second kappa shape index (κ2) is 11.5. The molecule has 1 amide bonds. The fraction of sp³-hybridized carbons (Fsp3) is 0.469. The van der Waals surface area contributed by atoms with Crippen molar-refractivity contribution in [1.29, 1.82) is 0 Å². The number of amidine groups is 1. The smallest absolute Gasteiger partial charge is 0.349 e. The Morgan fingerprint density at radius 1 is 1.03 bits per heavy atom. The first-order valence-electron chi connectivity index (χ1n) is 13.8. The van der Waals surface area contributed by atoms with E-state index in [1.54, 1.807) is 20.8 Å². The fourth-order valence-electron chi connectivity index (χ4n) is 5.22. The zero-order chi connectivity index (χ0) is 27.3. The lowest BCUT2D eigenvalue weighted by molar-refractivity contribution is -0.158. The predicted octanol–water partition coefficient (Wildman–Crippen LogP) is 6.71. The van der Waals surface area contributed by atoms with Crippen molar-refractivity contribution in [3.8, 4) is 5.75 Å². The van der Waals surface area contributed by atoms with E-state index in [0.717, 1.165) is 73.0 Å². The summed E-state index contributed by atoms with van der Waals surface area (Å²) in [6.45, 7) is 12.5. The molecule has 202 valence electrons. The molecule has 1 saturated carbocycles. The van der Waals surface area contributed by atoms with Crippen LogP contribution in [0.3, 0.4) is 0 Å². The van der Waals surface area contributed by atoms with Gasteiger partial charge in [-0.1, -0.05) is 69.2 Å². The van der Waals surface area contributed by atoms with Gasteiger partial charge in [-0.2, -0.15) is 0 Å². The summed E-state index contributed by atoms with van der Waals surface area (Å²) < 4.78 is 11.0. The molecule has 4 rings (SSSR count). The van der Waals surface area contributed by atoms with Crippen molar-refractivity contribution in [2.75, 3.05) is 6.61 Å². The van der Waals surface area contributed by atoms with Crippen LogP contribution in [0.4, 0.5) is 0 Å². The third-order valence-corrected chi connectivity index (χ3v) is 7.47. The Kier molecular flexibility index (Phi) is 8.39. The monoisotopic (exact) mass is 516 g/mol. The first-order chi connectivity index (χ1) is 18.2. The minimum absolute atomic E-state index is 0.183. The van der Waals surface area contributed by atoms with Crippen LogP contribution in [-0.4, -0.2) is 40.4 Å². The van der Waals surface area contributed by atoms with Gasteiger partial charge in [-0.05, 0) is 74.4 Å². The Labute approximate surface area is 226 Å². The summed E-state index contributed by atoms with van der Waals surface area (Å²) in [6.07, 6.45) is 6.90. The molecular weight excluding hydrogens is 476 g/mol. The maximum absolute atomic E-state index is 13.4. The van der Waals surface area contributed by atoms with Crippen molar-refractivity contribution < 1.29 is 19.1 Å². The quantitative estimate of drug-likeness (QED) is 0.311. The summed E-state index contributed by atoms with van der Waals surface area (Å²) >= 11 is 0. The van der Waals surface area contributed by atoms with Gasteiger partial charge in [0.1, 0.15) is 17.1 Å². The number of benzene rings is 2. The van der Waals surface area contributed by atoms with Gasteiger partial charge in [0.05, 0.1) is 13.2 Å². The highest BCUT2D eigenvalue weighted by atomic mass is 16.6. The number of hydrogen-bond acceptors (Lipinski definition) is 5. The number of carbonyl (C=O) groups excluding carboxylic acids is 2. The molecule has 0 bridgehead atoms. The first kappa shape index (κ1) is 27.6. The molecule has 6 nitrogen and oxygen atoms in total. The summed E-state index contributed by atoms with van der Waals surface area (Å²) in [5.74, 6) is 1.33. The molecule has 2 aromatic rings. The minimum atomic E-state index is -1.07. The Bertz CT molecular complexity index is 1190. The van der Waals surface area contributed by atoms with Crippen molar-refractivity contribution >= 4 is 23.3 Å². The first-order valence-corrected chi connectivity index (χ1v) is 13.8. The van der Waals surface area contributed by atoms with E-state index in [-0.39, 0.29) is 5.91 Å². The van der Waals surface area contributed by atoms with Crippen LogP contribution in [0.25, 0.3) is 5.57 Å².